The van der Waals surface area contributed by atoms with Gasteiger partial charge in [0.2, 0.25) is 5.82 Å². The van der Waals surface area contributed by atoms with Gasteiger partial charge in [-0.15, -0.1) is 0 Å². The van der Waals surface area contributed by atoms with E-state index in [0.29, 0.717) is 11.6 Å². The lowest BCUT2D eigenvalue weighted by atomic mass is 10.4. The Morgan fingerprint density at radius 3 is 2.75 bits per heavy atom. The summed E-state index contributed by atoms with van der Waals surface area (Å²) in [6.45, 7) is 1.84. The summed E-state index contributed by atoms with van der Waals surface area (Å²) in [5.74, 6) is 1.72. The third-order valence-corrected chi connectivity index (χ3v) is 1.52. The molecule has 2 rings (SSSR count). The first-order valence-corrected chi connectivity index (χ1v) is 3.69. The van der Waals surface area contributed by atoms with Crippen LogP contribution in [0.3, 0.4) is 0 Å². The molecule has 0 aliphatic heterocycles. The average Bonchev–Trinajstić information content (AvgIpc) is 2.58. The van der Waals surface area contributed by atoms with E-state index in [9.17, 15) is 0 Å². The molecule has 2 aromatic rings. The Balaban J connectivity index is 2.43. The second-order valence-electron chi connectivity index (χ2n) is 2.28. The van der Waals surface area contributed by atoms with Crippen LogP contribution in [0, 0.1) is 6.92 Å². The molecule has 0 radical (unpaired) electrons. The van der Waals surface area contributed by atoms with Crippen molar-refractivity contribution >= 4 is 11.6 Å². The van der Waals surface area contributed by atoms with Gasteiger partial charge < -0.3 is 8.94 Å². The highest BCUT2D eigenvalue weighted by Gasteiger charge is 2.09. The molecular formula is C7H5ClN2O2. The lowest BCUT2D eigenvalue weighted by Gasteiger charge is -1.83. The minimum Gasteiger partial charge on any atom is -0.458 e. The zero-order chi connectivity index (χ0) is 8.55. The maximum Gasteiger partial charge on any atom is 0.320 e. The van der Waals surface area contributed by atoms with Gasteiger partial charge in [-0.05, 0) is 30.7 Å². The van der Waals surface area contributed by atoms with Crippen molar-refractivity contribution in [2.45, 2.75) is 6.92 Å². The molecule has 0 aliphatic carbocycles. The molecule has 12 heavy (non-hydrogen) atoms. The van der Waals surface area contributed by atoms with Gasteiger partial charge in [-0.1, -0.05) is 5.16 Å². The Morgan fingerprint density at radius 1 is 1.42 bits per heavy atom. The van der Waals surface area contributed by atoms with Crippen molar-refractivity contribution in [1.29, 1.82) is 0 Å². The number of aromatic nitrogens is 2. The summed E-state index contributed by atoms with van der Waals surface area (Å²) in [7, 11) is 0. The fourth-order valence-corrected chi connectivity index (χ4v) is 0.974. The summed E-state index contributed by atoms with van der Waals surface area (Å²) >= 11 is 5.44. The number of furan rings is 1. The first-order chi connectivity index (χ1) is 5.75. The molecule has 0 N–H and O–H groups in total. The molecule has 0 saturated heterocycles. The second kappa shape index (κ2) is 2.64. The van der Waals surface area contributed by atoms with Crippen molar-refractivity contribution in [2.75, 3.05) is 0 Å². The fourth-order valence-electron chi connectivity index (χ4n) is 0.860. The van der Waals surface area contributed by atoms with Crippen molar-refractivity contribution in [1.82, 2.24) is 10.1 Å². The fraction of sp³-hybridized carbons (Fsp3) is 0.143. The minimum atomic E-state index is 0.0130. The second-order valence-corrected chi connectivity index (χ2v) is 2.60. The van der Waals surface area contributed by atoms with Crippen LogP contribution in [0.2, 0.25) is 5.35 Å². The Labute approximate surface area is 73.1 Å². The van der Waals surface area contributed by atoms with Crippen molar-refractivity contribution in [3.05, 3.63) is 23.2 Å². The number of aryl methyl sites for hydroxylation is 1. The van der Waals surface area contributed by atoms with E-state index in [4.69, 9.17) is 16.0 Å². The molecule has 0 fully saturated rings. The summed E-state index contributed by atoms with van der Waals surface area (Å²) in [4.78, 5) is 3.79. The van der Waals surface area contributed by atoms with Gasteiger partial charge in [0.25, 0.3) is 0 Å². The zero-order valence-corrected chi connectivity index (χ0v) is 7.00. The van der Waals surface area contributed by atoms with Gasteiger partial charge in [0.1, 0.15) is 5.76 Å². The Morgan fingerprint density at radius 2 is 2.25 bits per heavy atom. The molecule has 0 amide bonds. The van der Waals surface area contributed by atoms with Crippen LogP contribution < -0.4 is 0 Å². The lowest BCUT2D eigenvalue weighted by Crippen LogP contribution is -1.74. The molecule has 2 heterocycles. The van der Waals surface area contributed by atoms with Gasteiger partial charge >= 0.3 is 5.35 Å². The van der Waals surface area contributed by atoms with Crippen LogP contribution in [-0.4, -0.2) is 10.1 Å². The van der Waals surface area contributed by atoms with Gasteiger partial charge in [0.05, 0.1) is 0 Å². The highest BCUT2D eigenvalue weighted by atomic mass is 35.5. The first-order valence-electron chi connectivity index (χ1n) is 3.32. The number of hydrogen-bond acceptors (Lipinski definition) is 4. The van der Waals surface area contributed by atoms with E-state index in [2.05, 4.69) is 14.7 Å². The van der Waals surface area contributed by atoms with Crippen molar-refractivity contribution in [3.63, 3.8) is 0 Å². The molecule has 5 heteroatoms. The summed E-state index contributed by atoms with van der Waals surface area (Å²) in [5.41, 5.74) is 0. The van der Waals surface area contributed by atoms with Crippen LogP contribution in [0.25, 0.3) is 11.6 Å². The van der Waals surface area contributed by atoms with E-state index in [1.165, 1.54) is 0 Å². The molecule has 62 valence electrons. The van der Waals surface area contributed by atoms with Crippen LogP contribution in [0.1, 0.15) is 5.76 Å². The highest BCUT2D eigenvalue weighted by molar-refractivity contribution is 6.27. The Hall–Kier alpha value is -1.29. The summed E-state index contributed by atoms with van der Waals surface area (Å²) < 4.78 is 9.81. The van der Waals surface area contributed by atoms with Crippen molar-refractivity contribution < 1.29 is 8.94 Å². The maximum absolute atomic E-state index is 5.44. The summed E-state index contributed by atoms with van der Waals surface area (Å²) in [6, 6.07) is 3.58. The Bertz CT molecular complexity index is 355. The monoisotopic (exact) mass is 184 g/mol. The van der Waals surface area contributed by atoms with Crippen LogP contribution in [0.5, 0.6) is 0 Å². The normalized spacial score (nSPS) is 10.5. The van der Waals surface area contributed by atoms with Crippen molar-refractivity contribution in [3.8, 4) is 11.6 Å². The van der Waals surface area contributed by atoms with Crippen LogP contribution >= 0.6 is 11.6 Å². The SMILES string of the molecule is Cc1ccc(-c2noc(Cl)n2)o1. The third-order valence-electron chi connectivity index (χ3n) is 1.36. The molecule has 0 aromatic carbocycles. The van der Waals surface area contributed by atoms with E-state index in [-0.39, 0.29) is 5.35 Å². The maximum atomic E-state index is 5.44. The first kappa shape index (κ1) is 7.36. The lowest BCUT2D eigenvalue weighted by molar-refractivity contribution is 0.418. The predicted molar refractivity (Wildman–Crippen MR) is 41.7 cm³/mol. The Kier molecular flexibility index (Phi) is 1.62. The third kappa shape index (κ3) is 1.21. The quantitative estimate of drug-likeness (QED) is 0.682. The largest absolute Gasteiger partial charge is 0.458 e. The van der Waals surface area contributed by atoms with Gasteiger partial charge in [-0.25, -0.2) is 0 Å². The van der Waals surface area contributed by atoms with Gasteiger partial charge in [0, 0.05) is 0 Å². The standard InChI is InChI=1S/C7H5ClN2O2/c1-4-2-3-5(11-4)6-9-7(8)12-10-6/h2-3H,1H3. The van der Waals surface area contributed by atoms with Crippen LogP contribution in [0.15, 0.2) is 21.1 Å². The molecule has 0 unspecified atom stereocenters. The van der Waals surface area contributed by atoms with E-state index in [1.807, 2.05) is 13.0 Å². The predicted octanol–water partition coefficient (Wildman–Crippen LogP) is 2.29. The summed E-state index contributed by atoms with van der Waals surface area (Å²) in [5, 5.41) is 3.60. The van der Waals surface area contributed by atoms with Gasteiger partial charge in [0.15, 0.2) is 5.76 Å². The molecule has 4 nitrogen and oxygen atoms in total. The van der Waals surface area contributed by atoms with E-state index in [0.717, 1.165) is 5.76 Å². The minimum absolute atomic E-state index is 0.0130. The zero-order valence-electron chi connectivity index (χ0n) is 6.24. The molecular weight excluding hydrogens is 180 g/mol. The number of halogens is 1. The number of nitrogens with zero attached hydrogens (tertiary/aromatic N) is 2. The molecule has 0 atom stereocenters. The number of rotatable bonds is 1. The van der Waals surface area contributed by atoms with Crippen molar-refractivity contribution in [2.24, 2.45) is 0 Å². The van der Waals surface area contributed by atoms with Crippen LogP contribution in [0.4, 0.5) is 0 Å². The average molecular weight is 185 g/mol. The molecule has 0 saturated carbocycles. The van der Waals surface area contributed by atoms with E-state index >= 15 is 0 Å². The highest BCUT2D eigenvalue weighted by Crippen LogP contribution is 2.19. The van der Waals surface area contributed by atoms with E-state index in [1.54, 1.807) is 6.07 Å². The topological polar surface area (TPSA) is 52.1 Å². The molecule has 2 aromatic heterocycles. The number of hydrogen-bond donors (Lipinski definition) is 0. The smallest absolute Gasteiger partial charge is 0.320 e. The van der Waals surface area contributed by atoms with E-state index < -0.39 is 0 Å². The molecule has 0 bridgehead atoms. The molecule has 0 spiro atoms. The van der Waals surface area contributed by atoms with Crippen LogP contribution in [-0.2, 0) is 0 Å². The van der Waals surface area contributed by atoms with Gasteiger partial charge in [-0.3, -0.25) is 0 Å². The summed E-state index contributed by atoms with van der Waals surface area (Å²) in [6.07, 6.45) is 0. The molecule has 0 aliphatic rings. The van der Waals surface area contributed by atoms with Gasteiger partial charge in [-0.2, -0.15) is 4.98 Å².